The number of hydrogen-bond acceptors (Lipinski definition) is 4. The number of hydrogen-bond donors (Lipinski definition) is 1. The summed E-state index contributed by atoms with van der Waals surface area (Å²) >= 11 is 0. The third-order valence-corrected chi connectivity index (χ3v) is 4.44. The Bertz CT molecular complexity index is 1180. The molecule has 0 radical (unpaired) electrons. The van der Waals surface area contributed by atoms with Gasteiger partial charge in [-0.1, -0.05) is 43.7 Å². The van der Waals surface area contributed by atoms with Gasteiger partial charge in [-0.25, -0.2) is 9.18 Å². The fourth-order valence-electron chi connectivity index (χ4n) is 2.92. The fraction of sp³-hybridized carbons (Fsp3) is 0.273. The topological polar surface area (TPSA) is 86.0 Å². The van der Waals surface area contributed by atoms with E-state index in [9.17, 15) is 18.8 Å². The number of rotatable bonds is 6. The molecule has 0 unspecified atom stereocenters. The number of aryl methyl sites for hydroxylation is 1. The first kappa shape index (κ1) is 21.2. The Balaban J connectivity index is 2.16. The SMILES string of the molecule is Cc1cccc(Cn2c(=O)c(C(=O)NCC(C)C)nn(-c3ccc(F)cc3)c2=O)c1. The molecule has 0 atom stereocenters. The summed E-state index contributed by atoms with van der Waals surface area (Å²) in [5.41, 5.74) is 0.0714. The molecule has 0 saturated heterocycles. The van der Waals surface area contributed by atoms with E-state index in [1.54, 1.807) is 6.07 Å². The van der Waals surface area contributed by atoms with Crippen LogP contribution in [0.5, 0.6) is 0 Å². The summed E-state index contributed by atoms with van der Waals surface area (Å²) in [6.07, 6.45) is 0. The Hall–Kier alpha value is -3.55. The van der Waals surface area contributed by atoms with Crippen LogP contribution in [0.2, 0.25) is 0 Å². The van der Waals surface area contributed by atoms with E-state index in [0.29, 0.717) is 6.54 Å². The maximum atomic E-state index is 13.3. The van der Waals surface area contributed by atoms with E-state index >= 15 is 0 Å². The third kappa shape index (κ3) is 4.71. The lowest BCUT2D eigenvalue weighted by Crippen LogP contribution is -2.46. The highest BCUT2D eigenvalue weighted by molar-refractivity contribution is 5.91. The van der Waals surface area contributed by atoms with Crippen LogP contribution >= 0.6 is 0 Å². The number of nitrogens with one attached hydrogen (secondary N) is 1. The van der Waals surface area contributed by atoms with Crippen LogP contribution in [0.15, 0.2) is 58.1 Å². The van der Waals surface area contributed by atoms with E-state index < -0.39 is 28.7 Å². The van der Waals surface area contributed by atoms with Gasteiger partial charge >= 0.3 is 5.69 Å². The van der Waals surface area contributed by atoms with Gasteiger partial charge in [-0.05, 0) is 42.7 Å². The Morgan fingerprint density at radius 2 is 1.83 bits per heavy atom. The molecule has 8 heteroatoms. The number of benzene rings is 2. The lowest BCUT2D eigenvalue weighted by Gasteiger charge is -2.13. The predicted octanol–water partition coefficient (Wildman–Crippen LogP) is 2.28. The van der Waals surface area contributed by atoms with Gasteiger partial charge in [0.15, 0.2) is 0 Å². The molecular formula is C22H23FN4O3. The van der Waals surface area contributed by atoms with E-state index in [4.69, 9.17) is 0 Å². The Labute approximate surface area is 172 Å². The molecular weight excluding hydrogens is 387 g/mol. The number of aromatic nitrogens is 3. The van der Waals surface area contributed by atoms with Crippen molar-refractivity contribution in [3.63, 3.8) is 0 Å². The summed E-state index contributed by atoms with van der Waals surface area (Å²) in [4.78, 5) is 38.6. The summed E-state index contributed by atoms with van der Waals surface area (Å²) in [7, 11) is 0. The highest BCUT2D eigenvalue weighted by Gasteiger charge is 2.20. The van der Waals surface area contributed by atoms with Crippen LogP contribution in [0, 0.1) is 18.7 Å². The molecule has 156 valence electrons. The average Bonchev–Trinajstić information content (AvgIpc) is 2.70. The van der Waals surface area contributed by atoms with Crippen molar-refractivity contribution in [1.82, 2.24) is 19.7 Å². The molecule has 1 aromatic heterocycles. The van der Waals surface area contributed by atoms with Crippen LogP contribution < -0.4 is 16.6 Å². The second-order valence-electron chi connectivity index (χ2n) is 7.50. The highest BCUT2D eigenvalue weighted by Crippen LogP contribution is 2.07. The van der Waals surface area contributed by atoms with Crippen molar-refractivity contribution < 1.29 is 9.18 Å². The predicted molar refractivity (Wildman–Crippen MR) is 112 cm³/mol. The summed E-state index contributed by atoms with van der Waals surface area (Å²) < 4.78 is 15.2. The molecule has 0 aliphatic carbocycles. The van der Waals surface area contributed by atoms with Crippen molar-refractivity contribution in [2.24, 2.45) is 5.92 Å². The first-order valence-corrected chi connectivity index (χ1v) is 9.60. The molecule has 0 saturated carbocycles. The molecule has 7 nitrogen and oxygen atoms in total. The van der Waals surface area contributed by atoms with E-state index in [0.717, 1.165) is 20.4 Å². The maximum Gasteiger partial charge on any atom is 0.352 e. The summed E-state index contributed by atoms with van der Waals surface area (Å²) in [5.74, 6) is -0.969. The van der Waals surface area contributed by atoms with E-state index in [1.807, 2.05) is 39.0 Å². The van der Waals surface area contributed by atoms with E-state index in [1.165, 1.54) is 24.3 Å². The van der Waals surface area contributed by atoms with Gasteiger partial charge in [0, 0.05) is 6.54 Å². The molecule has 1 heterocycles. The zero-order valence-electron chi connectivity index (χ0n) is 17.1. The van der Waals surface area contributed by atoms with Crippen molar-refractivity contribution in [2.45, 2.75) is 27.3 Å². The van der Waals surface area contributed by atoms with Crippen LogP contribution in [-0.2, 0) is 6.54 Å². The second-order valence-corrected chi connectivity index (χ2v) is 7.50. The Morgan fingerprint density at radius 1 is 1.13 bits per heavy atom. The number of halogens is 1. The minimum atomic E-state index is -0.777. The molecule has 0 fully saturated rings. The largest absolute Gasteiger partial charge is 0.352 e. The Kier molecular flexibility index (Phi) is 6.25. The zero-order valence-corrected chi connectivity index (χ0v) is 17.1. The van der Waals surface area contributed by atoms with Gasteiger partial charge in [-0.3, -0.25) is 14.2 Å². The smallest absolute Gasteiger partial charge is 0.350 e. The summed E-state index contributed by atoms with van der Waals surface area (Å²) in [6.45, 7) is 6.08. The highest BCUT2D eigenvalue weighted by atomic mass is 19.1. The minimum Gasteiger partial charge on any atom is -0.350 e. The van der Waals surface area contributed by atoms with Crippen LogP contribution in [0.1, 0.15) is 35.5 Å². The molecule has 1 amide bonds. The quantitative estimate of drug-likeness (QED) is 0.676. The zero-order chi connectivity index (χ0) is 21.8. The molecule has 3 aromatic rings. The number of carbonyl (C=O) groups excluding carboxylic acids is 1. The molecule has 0 bridgehead atoms. The van der Waals surface area contributed by atoms with Crippen LogP contribution in [-0.4, -0.2) is 26.8 Å². The molecule has 3 rings (SSSR count). The molecule has 1 N–H and O–H groups in total. The standard InChI is InChI=1S/C22H23FN4O3/c1-14(2)12-24-20(28)19-21(29)26(13-16-6-4-5-15(3)11-16)22(30)27(25-19)18-9-7-17(23)8-10-18/h4-11,14H,12-13H2,1-3H3,(H,24,28). The van der Waals surface area contributed by atoms with Gasteiger partial charge in [0.2, 0.25) is 5.69 Å². The normalized spacial score (nSPS) is 11.0. The fourth-order valence-corrected chi connectivity index (χ4v) is 2.92. The van der Waals surface area contributed by atoms with Crippen LogP contribution in [0.3, 0.4) is 0 Å². The molecule has 2 aromatic carbocycles. The van der Waals surface area contributed by atoms with Gasteiger partial charge in [0.25, 0.3) is 11.5 Å². The lowest BCUT2D eigenvalue weighted by molar-refractivity contribution is 0.0939. The molecule has 30 heavy (non-hydrogen) atoms. The van der Waals surface area contributed by atoms with E-state index in [-0.39, 0.29) is 18.2 Å². The van der Waals surface area contributed by atoms with Crippen LogP contribution in [0.25, 0.3) is 5.69 Å². The first-order valence-electron chi connectivity index (χ1n) is 9.60. The number of nitrogens with zero attached hydrogens (tertiary/aromatic N) is 3. The van der Waals surface area contributed by atoms with Gasteiger partial charge in [0.1, 0.15) is 5.82 Å². The number of amides is 1. The average molecular weight is 410 g/mol. The summed E-state index contributed by atoms with van der Waals surface area (Å²) in [5, 5.41) is 6.66. The van der Waals surface area contributed by atoms with Crippen molar-refractivity contribution in [3.8, 4) is 5.69 Å². The van der Waals surface area contributed by atoms with Gasteiger partial charge in [-0.2, -0.15) is 9.78 Å². The van der Waals surface area contributed by atoms with Gasteiger partial charge < -0.3 is 5.32 Å². The monoisotopic (exact) mass is 410 g/mol. The molecule has 0 spiro atoms. The van der Waals surface area contributed by atoms with Crippen molar-refractivity contribution in [3.05, 3.63) is 92.0 Å². The molecule has 0 aliphatic rings. The van der Waals surface area contributed by atoms with Crippen molar-refractivity contribution in [1.29, 1.82) is 0 Å². The van der Waals surface area contributed by atoms with Gasteiger partial charge in [-0.15, -0.1) is 0 Å². The number of carbonyl (C=O) groups is 1. The molecule has 0 aliphatic heterocycles. The van der Waals surface area contributed by atoms with Crippen LogP contribution in [0.4, 0.5) is 4.39 Å². The lowest BCUT2D eigenvalue weighted by atomic mass is 10.1. The van der Waals surface area contributed by atoms with Crippen molar-refractivity contribution >= 4 is 5.91 Å². The third-order valence-electron chi connectivity index (χ3n) is 4.44. The maximum absolute atomic E-state index is 13.3. The first-order chi connectivity index (χ1) is 14.3. The Morgan fingerprint density at radius 3 is 2.47 bits per heavy atom. The van der Waals surface area contributed by atoms with E-state index in [2.05, 4.69) is 10.4 Å². The van der Waals surface area contributed by atoms with Gasteiger partial charge in [0.05, 0.1) is 12.2 Å². The van der Waals surface area contributed by atoms with Crippen molar-refractivity contribution in [2.75, 3.05) is 6.54 Å². The minimum absolute atomic E-state index is 0.0203. The second kappa shape index (κ2) is 8.86. The summed E-state index contributed by atoms with van der Waals surface area (Å²) in [6, 6.07) is 12.5.